The number of aryl methyl sites for hydroxylation is 1. The average molecular weight is 259 g/mol. The Morgan fingerprint density at radius 1 is 1.37 bits per heavy atom. The summed E-state index contributed by atoms with van der Waals surface area (Å²) in [6.07, 6.45) is 2.28. The second kappa shape index (κ2) is 5.31. The van der Waals surface area contributed by atoms with Gasteiger partial charge in [-0.3, -0.25) is 9.58 Å². The lowest BCUT2D eigenvalue weighted by molar-refractivity contribution is 0.152. The zero-order chi connectivity index (χ0) is 13.2. The van der Waals surface area contributed by atoms with Crippen LogP contribution in [0.25, 0.3) is 10.9 Å². The molecule has 1 aliphatic heterocycles. The highest BCUT2D eigenvalue weighted by atomic mass is 16.3. The lowest BCUT2D eigenvalue weighted by Crippen LogP contribution is -2.31. The van der Waals surface area contributed by atoms with Crippen molar-refractivity contribution in [1.82, 2.24) is 14.7 Å². The van der Waals surface area contributed by atoms with E-state index in [9.17, 15) is 5.11 Å². The van der Waals surface area contributed by atoms with E-state index in [4.69, 9.17) is 5.10 Å². The van der Waals surface area contributed by atoms with E-state index in [-0.39, 0.29) is 6.61 Å². The Labute approximate surface area is 113 Å². The molecule has 0 amide bonds. The minimum atomic E-state index is 0.256. The third-order valence-electron chi connectivity index (χ3n) is 4.10. The topological polar surface area (TPSA) is 41.3 Å². The van der Waals surface area contributed by atoms with Gasteiger partial charge < -0.3 is 5.11 Å². The first-order chi connectivity index (χ1) is 9.33. The molecule has 1 aliphatic rings. The van der Waals surface area contributed by atoms with Crippen molar-refractivity contribution < 1.29 is 5.11 Å². The van der Waals surface area contributed by atoms with Crippen LogP contribution in [-0.4, -0.2) is 39.0 Å². The smallest absolute Gasteiger partial charge is 0.0843 e. The number of fused-ring (bicyclic) bond motifs is 1. The number of benzene rings is 1. The number of hydrogen-bond donors (Lipinski definition) is 1. The number of hydrogen-bond acceptors (Lipinski definition) is 3. The average Bonchev–Trinajstić information content (AvgIpc) is 3.04. The summed E-state index contributed by atoms with van der Waals surface area (Å²) in [5.74, 6) is 0. The highest BCUT2D eigenvalue weighted by Gasteiger charge is 2.25. The van der Waals surface area contributed by atoms with Gasteiger partial charge in [-0.05, 0) is 32.4 Å². The van der Waals surface area contributed by atoms with E-state index < -0.39 is 0 Å². The van der Waals surface area contributed by atoms with Crippen molar-refractivity contribution in [3.05, 3.63) is 30.0 Å². The third kappa shape index (κ3) is 2.26. The molecule has 0 bridgehead atoms. The zero-order valence-corrected chi connectivity index (χ0v) is 11.4. The molecule has 4 heteroatoms. The molecule has 1 fully saturated rings. The summed E-state index contributed by atoms with van der Waals surface area (Å²) < 4.78 is 2.06. The summed E-state index contributed by atoms with van der Waals surface area (Å²) in [5.41, 5.74) is 2.34. The first kappa shape index (κ1) is 12.6. The predicted octanol–water partition coefficient (Wildman–Crippen LogP) is 2.01. The van der Waals surface area contributed by atoms with Gasteiger partial charge in [0, 0.05) is 24.5 Å². The van der Waals surface area contributed by atoms with Crippen LogP contribution in [0.4, 0.5) is 0 Å². The number of likely N-dealkylation sites (tertiary alicyclic amines) is 1. The molecule has 2 aromatic rings. The van der Waals surface area contributed by atoms with Gasteiger partial charge in [-0.25, -0.2) is 0 Å². The Hall–Kier alpha value is -1.39. The Bertz CT molecular complexity index is 564. The van der Waals surface area contributed by atoms with Gasteiger partial charge in [0.1, 0.15) is 0 Å². The predicted molar refractivity (Wildman–Crippen MR) is 75.9 cm³/mol. The standard InChI is InChI=1S/C15H21N3O/c1-2-18-15-8-4-3-7-13(15)14(16-18)10-17-9-5-6-12(17)11-19/h3-4,7-8,12,19H,2,5-6,9-11H2,1H3/t12-/m0/s1. The minimum absolute atomic E-state index is 0.256. The van der Waals surface area contributed by atoms with Crippen LogP contribution in [0.5, 0.6) is 0 Å². The molecule has 0 saturated carbocycles. The lowest BCUT2D eigenvalue weighted by atomic mass is 10.2. The van der Waals surface area contributed by atoms with Crippen LogP contribution in [0.2, 0.25) is 0 Å². The fourth-order valence-electron chi connectivity index (χ4n) is 3.06. The Kier molecular flexibility index (Phi) is 3.53. The van der Waals surface area contributed by atoms with E-state index in [1.165, 1.54) is 17.3 Å². The van der Waals surface area contributed by atoms with Crippen molar-refractivity contribution in [3.8, 4) is 0 Å². The van der Waals surface area contributed by atoms with Crippen molar-refractivity contribution in [2.24, 2.45) is 0 Å². The molecule has 3 rings (SSSR count). The van der Waals surface area contributed by atoms with Gasteiger partial charge in [-0.2, -0.15) is 5.10 Å². The SMILES string of the molecule is CCn1nc(CN2CCC[C@H]2CO)c2ccccc21. The summed E-state index contributed by atoms with van der Waals surface area (Å²) >= 11 is 0. The lowest BCUT2D eigenvalue weighted by Gasteiger charge is -2.21. The van der Waals surface area contributed by atoms with Gasteiger partial charge in [0.05, 0.1) is 17.8 Å². The van der Waals surface area contributed by atoms with E-state index in [1.807, 2.05) is 0 Å². The van der Waals surface area contributed by atoms with Crippen molar-refractivity contribution in [3.63, 3.8) is 0 Å². The molecule has 1 atom stereocenters. The van der Waals surface area contributed by atoms with Crippen LogP contribution in [-0.2, 0) is 13.1 Å². The van der Waals surface area contributed by atoms with Gasteiger partial charge in [0.25, 0.3) is 0 Å². The Balaban J connectivity index is 1.92. The Morgan fingerprint density at radius 2 is 2.21 bits per heavy atom. The Morgan fingerprint density at radius 3 is 3.00 bits per heavy atom. The molecule has 1 saturated heterocycles. The second-order valence-electron chi connectivity index (χ2n) is 5.23. The van der Waals surface area contributed by atoms with Gasteiger partial charge in [0.2, 0.25) is 0 Å². The molecule has 1 N–H and O–H groups in total. The summed E-state index contributed by atoms with van der Waals surface area (Å²) in [6, 6.07) is 8.72. The van der Waals surface area contributed by atoms with Crippen LogP contribution in [0.15, 0.2) is 24.3 Å². The highest BCUT2D eigenvalue weighted by Crippen LogP contribution is 2.24. The minimum Gasteiger partial charge on any atom is -0.395 e. The monoisotopic (exact) mass is 259 g/mol. The maximum Gasteiger partial charge on any atom is 0.0843 e. The van der Waals surface area contributed by atoms with Crippen molar-refractivity contribution in [2.45, 2.75) is 38.9 Å². The number of nitrogens with zero attached hydrogens (tertiary/aromatic N) is 3. The van der Waals surface area contributed by atoms with E-state index >= 15 is 0 Å². The van der Waals surface area contributed by atoms with Gasteiger partial charge in [-0.1, -0.05) is 18.2 Å². The summed E-state index contributed by atoms with van der Waals surface area (Å²) in [4.78, 5) is 2.36. The fraction of sp³-hybridized carbons (Fsp3) is 0.533. The van der Waals surface area contributed by atoms with Crippen LogP contribution in [0.1, 0.15) is 25.5 Å². The molecule has 4 nitrogen and oxygen atoms in total. The largest absolute Gasteiger partial charge is 0.395 e. The molecule has 0 spiro atoms. The number of para-hydroxylation sites is 1. The number of aromatic nitrogens is 2. The molecular formula is C15H21N3O. The van der Waals surface area contributed by atoms with Crippen molar-refractivity contribution >= 4 is 10.9 Å². The van der Waals surface area contributed by atoms with E-state index in [0.717, 1.165) is 31.7 Å². The quantitative estimate of drug-likeness (QED) is 0.913. The van der Waals surface area contributed by atoms with E-state index in [1.54, 1.807) is 0 Å². The fourth-order valence-corrected chi connectivity index (χ4v) is 3.06. The van der Waals surface area contributed by atoms with E-state index in [2.05, 4.69) is 40.8 Å². The normalized spacial score (nSPS) is 20.4. The maximum atomic E-state index is 9.41. The highest BCUT2D eigenvalue weighted by molar-refractivity contribution is 5.81. The maximum absolute atomic E-state index is 9.41. The molecule has 102 valence electrons. The first-order valence-corrected chi connectivity index (χ1v) is 7.12. The van der Waals surface area contributed by atoms with Crippen molar-refractivity contribution in [2.75, 3.05) is 13.2 Å². The summed E-state index contributed by atoms with van der Waals surface area (Å²) in [5, 5.41) is 15.4. The van der Waals surface area contributed by atoms with Crippen LogP contribution >= 0.6 is 0 Å². The second-order valence-corrected chi connectivity index (χ2v) is 5.23. The number of rotatable bonds is 4. The zero-order valence-electron chi connectivity index (χ0n) is 11.4. The molecular weight excluding hydrogens is 238 g/mol. The van der Waals surface area contributed by atoms with Gasteiger partial charge in [0.15, 0.2) is 0 Å². The summed E-state index contributed by atoms with van der Waals surface area (Å²) in [6.45, 7) is 5.18. The molecule has 1 aromatic carbocycles. The summed E-state index contributed by atoms with van der Waals surface area (Å²) in [7, 11) is 0. The molecule has 1 aromatic heterocycles. The third-order valence-corrected chi connectivity index (χ3v) is 4.10. The molecule has 0 radical (unpaired) electrons. The van der Waals surface area contributed by atoms with Crippen LogP contribution in [0, 0.1) is 0 Å². The van der Waals surface area contributed by atoms with Crippen LogP contribution in [0.3, 0.4) is 0 Å². The molecule has 0 aliphatic carbocycles. The van der Waals surface area contributed by atoms with Gasteiger partial charge in [-0.15, -0.1) is 0 Å². The van der Waals surface area contributed by atoms with Crippen LogP contribution < -0.4 is 0 Å². The molecule has 19 heavy (non-hydrogen) atoms. The molecule has 0 unspecified atom stereocenters. The molecule has 2 heterocycles. The van der Waals surface area contributed by atoms with E-state index in [0.29, 0.717) is 6.04 Å². The number of aliphatic hydroxyl groups excluding tert-OH is 1. The van der Waals surface area contributed by atoms with Gasteiger partial charge >= 0.3 is 0 Å². The first-order valence-electron chi connectivity index (χ1n) is 7.12. The van der Waals surface area contributed by atoms with Crippen molar-refractivity contribution in [1.29, 1.82) is 0 Å². The number of aliphatic hydroxyl groups is 1.